The van der Waals surface area contributed by atoms with Crippen LogP contribution in [0.15, 0.2) is 84.1 Å². The molecule has 2 aliphatic heterocycles. The molecule has 1 aromatic heterocycles. The molecule has 35 heavy (non-hydrogen) atoms. The van der Waals surface area contributed by atoms with E-state index >= 15 is 0 Å². The first-order chi connectivity index (χ1) is 17.2. The average Bonchev–Trinajstić information content (AvgIpc) is 3.32. The Kier molecular flexibility index (Phi) is 5.98. The third-order valence-corrected chi connectivity index (χ3v) is 7.03. The van der Waals surface area contributed by atoms with Gasteiger partial charge in [0, 0.05) is 63.4 Å². The third kappa shape index (κ3) is 4.43. The fraction of sp³-hybridized carbons (Fsp3) is 0.179. The zero-order valence-corrected chi connectivity index (χ0v) is 20.5. The van der Waals surface area contributed by atoms with Crippen molar-refractivity contribution in [1.29, 1.82) is 0 Å². The van der Waals surface area contributed by atoms with Gasteiger partial charge in [-0.25, -0.2) is 4.99 Å². The van der Waals surface area contributed by atoms with Gasteiger partial charge in [0.2, 0.25) is 0 Å². The molecule has 1 N–H and O–H groups in total. The Hall–Kier alpha value is -3.25. The first-order valence-corrected chi connectivity index (χ1v) is 12.4. The number of H-pyrrole nitrogens is 1. The number of hydrogen-bond acceptors (Lipinski definition) is 4. The SMILES string of the molecule is Clc1cc(Cl)cc(-c2ccc3[nH]cc(C4C=CN=CN4c4ccc(N5CCOCC5)cc4)c3c2)c1. The predicted molar refractivity (Wildman–Crippen MR) is 146 cm³/mol. The Bertz CT molecular complexity index is 1400. The maximum atomic E-state index is 6.27. The zero-order valence-electron chi connectivity index (χ0n) is 19.0. The van der Waals surface area contributed by atoms with Crippen molar-refractivity contribution in [3.05, 3.63) is 94.7 Å². The quantitative estimate of drug-likeness (QED) is 0.324. The molecule has 2 aliphatic rings. The summed E-state index contributed by atoms with van der Waals surface area (Å²) in [5.41, 5.74) is 6.62. The number of aromatic nitrogens is 1. The first kappa shape index (κ1) is 22.2. The number of ether oxygens (including phenoxy) is 1. The summed E-state index contributed by atoms with van der Waals surface area (Å²) in [7, 11) is 0. The van der Waals surface area contributed by atoms with E-state index in [0.717, 1.165) is 54.0 Å². The number of aliphatic imine (C=N–C) groups is 1. The second-order valence-electron chi connectivity index (χ2n) is 8.74. The Morgan fingerprint density at radius 2 is 1.60 bits per heavy atom. The molecule has 0 bridgehead atoms. The largest absolute Gasteiger partial charge is 0.378 e. The predicted octanol–water partition coefficient (Wildman–Crippen LogP) is 7.08. The number of nitrogens with one attached hydrogen (secondary N) is 1. The maximum Gasteiger partial charge on any atom is 0.0957 e. The molecule has 0 saturated carbocycles. The molecular formula is C28H24Cl2N4O. The van der Waals surface area contributed by atoms with Gasteiger partial charge in [0.25, 0.3) is 0 Å². The van der Waals surface area contributed by atoms with Crippen molar-refractivity contribution in [2.24, 2.45) is 4.99 Å². The molecule has 1 fully saturated rings. The van der Waals surface area contributed by atoms with E-state index in [1.807, 2.05) is 24.7 Å². The number of nitrogens with zero attached hydrogens (tertiary/aromatic N) is 3. The minimum atomic E-state index is 0.00804. The molecule has 7 heteroatoms. The minimum Gasteiger partial charge on any atom is -0.378 e. The van der Waals surface area contributed by atoms with Gasteiger partial charge in [-0.1, -0.05) is 29.3 Å². The van der Waals surface area contributed by atoms with Crippen LogP contribution in [-0.2, 0) is 4.74 Å². The first-order valence-electron chi connectivity index (χ1n) is 11.6. The third-order valence-electron chi connectivity index (χ3n) is 6.60. The van der Waals surface area contributed by atoms with Gasteiger partial charge >= 0.3 is 0 Å². The lowest BCUT2D eigenvalue weighted by atomic mass is 9.99. The van der Waals surface area contributed by atoms with Crippen molar-refractivity contribution < 1.29 is 4.74 Å². The van der Waals surface area contributed by atoms with Crippen molar-refractivity contribution in [3.63, 3.8) is 0 Å². The summed E-state index contributed by atoms with van der Waals surface area (Å²) in [6.07, 6.45) is 7.97. The number of anilines is 2. The minimum absolute atomic E-state index is 0.00804. The van der Waals surface area contributed by atoms with Gasteiger partial charge in [-0.05, 0) is 71.8 Å². The Balaban J connectivity index is 1.34. The molecule has 0 radical (unpaired) electrons. The lowest BCUT2D eigenvalue weighted by Crippen LogP contribution is -2.36. The van der Waals surface area contributed by atoms with Crippen LogP contribution in [0.25, 0.3) is 22.0 Å². The average molecular weight is 503 g/mol. The van der Waals surface area contributed by atoms with E-state index in [1.54, 1.807) is 6.07 Å². The van der Waals surface area contributed by atoms with Crippen LogP contribution in [0.3, 0.4) is 0 Å². The summed E-state index contributed by atoms with van der Waals surface area (Å²) >= 11 is 12.5. The van der Waals surface area contributed by atoms with Crippen molar-refractivity contribution in [2.75, 3.05) is 36.1 Å². The smallest absolute Gasteiger partial charge is 0.0957 e. The molecule has 3 heterocycles. The zero-order chi connectivity index (χ0) is 23.8. The molecule has 0 aliphatic carbocycles. The van der Waals surface area contributed by atoms with Crippen molar-refractivity contribution in [1.82, 2.24) is 4.98 Å². The number of halogens is 2. The van der Waals surface area contributed by atoms with Crippen molar-refractivity contribution >= 4 is 51.8 Å². The lowest BCUT2D eigenvalue weighted by Gasteiger charge is -2.31. The highest BCUT2D eigenvalue weighted by Crippen LogP contribution is 2.36. The number of aromatic amines is 1. The summed E-state index contributed by atoms with van der Waals surface area (Å²) in [5.74, 6) is 0. The van der Waals surface area contributed by atoms with E-state index in [4.69, 9.17) is 27.9 Å². The standard InChI is InChI=1S/C28H24Cl2N4O/c29-21-13-20(14-22(30)16-21)19-1-6-27-25(15-19)26(17-32-27)28-7-8-31-18-34(28)24-4-2-23(3-5-24)33-9-11-35-12-10-33/h1-8,13-18,28,32H,9-12H2. The number of hydrogen-bond donors (Lipinski definition) is 1. The van der Waals surface area contributed by atoms with E-state index in [1.165, 1.54) is 11.3 Å². The van der Waals surface area contributed by atoms with Gasteiger partial charge in [0.15, 0.2) is 0 Å². The van der Waals surface area contributed by atoms with Crippen molar-refractivity contribution in [2.45, 2.75) is 6.04 Å². The highest BCUT2D eigenvalue weighted by molar-refractivity contribution is 6.35. The van der Waals surface area contributed by atoms with E-state index < -0.39 is 0 Å². The van der Waals surface area contributed by atoms with Gasteiger partial charge < -0.3 is 19.5 Å². The van der Waals surface area contributed by atoms with E-state index in [2.05, 4.69) is 74.5 Å². The van der Waals surface area contributed by atoms with Crippen LogP contribution in [0.2, 0.25) is 10.0 Å². The summed E-state index contributed by atoms with van der Waals surface area (Å²) in [6, 6.07) is 20.7. The Morgan fingerprint density at radius 3 is 2.37 bits per heavy atom. The molecule has 176 valence electrons. The Morgan fingerprint density at radius 1 is 0.857 bits per heavy atom. The normalized spacial score (nSPS) is 17.9. The molecule has 0 amide bonds. The monoisotopic (exact) mass is 502 g/mol. The van der Waals surface area contributed by atoms with Gasteiger partial charge in [0.05, 0.1) is 25.6 Å². The molecule has 5 nitrogen and oxygen atoms in total. The van der Waals surface area contributed by atoms with Crippen LogP contribution >= 0.6 is 23.2 Å². The molecular weight excluding hydrogens is 479 g/mol. The number of morpholine rings is 1. The lowest BCUT2D eigenvalue weighted by molar-refractivity contribution is 0.122. The van der Waals surface area contributed by atoms with Crippen molar-refractivity contribution in [3.8, 4) is 11.1 Å². The fourth-order valence-corrected chi connectivity index (χ4v) is 5.36. The second kappa shape index (κ2) is 9.42. The van der Waals surface area contributed by atoms with Crippen LogP contribution in [0, 0.1) is 0 Å². The second-order valence-corrected chi connectivity index (χ2v) is 9.61. The summed E-state index contributed by atoms with van der Waals surface area (Å²) in [5, 5.41) is 2.40. The van der Waals surface area contributed by atoms with Gasteiger partial charge in [0.1, 0.15) is 0 Å². The van der Waals surface area contributed by atoms with Crippen LogP contribution in [0.1, 0.15) is 11.6 Å². The number of fused-ring (bicyclic) bond motifs is 1. The van der Waals surface area contributed by atoms with Crippen LogP contribution in [0.5, 0.6) is 0 Å². The topological polar surface area (TPSA) is 43.9 Å². The molecule has 3 aromatic carbocycles. The van der Waals surface area contributed by atoms with Crippen LogP contribution < -0.4 is 9.80 Å². The molecule has 4 aromatic rings. The summed E-state index contributed by atoms with van der Waals surface area (Å²) in [6.45, 7) is 3.39. The van der Waals surface area contributed by atoms with Gasteiger partial charge in [-0.15, -0.1) is 0 Å². The molecule has 0 spiro atoms. The van der Waals surface area contributed by atoms with E-state index in [-0.39, 0.29) is 6.04 Å². The molecule has 1 unspecified atom stereocenters. The molecule has 1 atom stereocenters. The summed E-state index contributed by atoms with van der Waals surface area (Å²) < 4.78 is 5.49. The highest BCUT2D eigenvalue weighted by atomic mass is 35.5. The maximum absolute atomic E-state index is 6.27. The highest BCUT2D eigenvalue weighted by Gasteiger charge is 2.23. The number of benzene rings is 3. The number of rotatable bonds is 4. The van der Waals surface area contributed by atoms with Gasteiger partial charge in [-0.2, -0.15) is 0 Å². The Labute approximate surface area is 214 Å². The fourth-order valence-electron chi connectivity index (χ4n) is 4.83. The van der Waals surface area contributed by atoms with E-state index in [9.17, 15) is 0 Å². The van der Waals surface area contributed by atoms with Gasteiger partial charge in [-0.3, -0.25) is 0 Å². The van der Waals surface area contributed by atoms with Crippen LogP contribution in [0.4, 0.5) is 11.4 Å². The van der Waals surface area contributed by atoms with E-state index in [0.29, 0.717) is 10.0 Å². The molecule has 6 rings (SSSR count). The molecule has 1 saturated heterocycles. The van der Waals surface area contributed by atoms with Crippen LogP contribution in [-0.4, -0.2) is 37.6 Å². The summed E-state index contributed by atoms with van der Waals surface area (Å²) in [4.78, 5) is 12.4.